The van der Waals surface area contributed by atoms with Crippen molar-refractivity contribution in [2.75, 3.05) is 0 Å². The van der Waals surface area contributed by atoms with Crippen molar-refractivity contribution in [3.8, 4) is 16.8 Å². The van der Waals surface area contributed by atoms with Crippen molar-refractivity contribution in [2.45, 2.75) is 0 Å². The van der Waals surface area contributed by atoms with E-state index >= 15 is 0 Å². The Labute approximate surface area is 228 Å². The Morgan fingerprint density at radius 2 is 1.18 bits per heavy atom. The highest BCUT2D eigenvalue weighted by molar-refractivity contribution is 7.25. The largest absolute Gasteiger partial charge is 0.354 e. The molecule has 3 heteroatoms. The van der Waals surface area contributed by atoms with E-state index in [4.69, 9.17) is 0 Å². The third-order valence-electron chi connectivity index (χ3n) is 8.14. The van der Waals surface area contributed by atoms with Crippen LogP contribution >= 0.6 is 11.3 Å². The molecule has 2 nitrogen and oxygen atoms in total. The van der Waals surface area contributed by atoms with Crippen molar-refractivity contribution in [1.82, 2.24) is 9.55 Å². The highest BCUT2D eigenvalue weighted by atomic mass is 32.1. The summed E-state index contributed by atoms with van der Waals surface area (Å²) in [5.41, 5.74) is 8.46. The van der Waals surface area contributed by atoms with Crippen LogP contribution in [0.15, 0.2) is 127 Å². The zero-order chi connectivity index (χ0) is 25.5. The standard InChI is InChI=1S/C36H22N2S/c1-4-16-31-23(9-1)26-12-7-13-27(35(26)37-31)29-15-8-14-28-24-10-2-5-17-32(24)38(36(28)29)22-19-20-34-30(21-22)25-11-3-6-18-33(25)39-34/h1-21,37H. The van der Waals surface area contributed by atoms with Crippen LogP contribution in [0.1, 0.15) is 0 Å². The second-order valence-corrected chi connectivity index (χ2v) is 11.3. The Morgan fingerprint density at radius 3 is 2.10 bits per heavy atom. The first-order valence-electron chi connectivity index (χ1n) is 13.3. The first-order chi connectivity index (χ1) is 19.3. The molecule has 0 radical (unpaired) electrons. The third-order valence-corrected chi connectivity index (χ3v) is 9.30. The fourth-order valence-electron chi connectivity index (χ4n) is 6.45. The maximum Gasteiger partial charge on any atom is 0.0620 e. The van der Waals surface area contributed by atoms with Crippen LogP contribution in [0.3, 0.4) is 0 Å². The summed E-state index contributed by atoms with van der Waals surface area (Å²) in [7, 11) is 0. The van der Waals surface area contributed by atoms with E-state index in [0.29, 0.717) is 0 Å². The highest BCUT2D eigenvalue weighted by Gasteiger charge is 2.19. The minimum Gasteiger partial charge on any atom is -0.354 e. The van der Waals surface area contributed by atoms with Gasteiger partial charge in [-0.15, -0.1) is 11.3 Å². The average molecular weight is 515 g/mol. The Morgan fingerprint density at radius 1 is 0.487 bits per heavy atom. The lowest BCUT2D eigenvalue weighted by Gasteiger charge is -2.13. The van der Waals surface area contributed by atoms with Gasteiger partial charge in [-0.05, 0) is 36.4 Å². The molecule has 3 aromatic heterocycles. The summed E-state index contributed by atoms with van der Waals surface area (Å²) in [6.07, 6.45) is 0. The van der Waals surface area contributed by atoms with Crippen LogP contribution in [-0.4, -0.2) is 9.55 Å². The molecule has 0 amide bonds. The van der Waals surface area contributed by atoms with E-state index in [1.165, 1.54) is 80.6 Å². The van der Waals surface area contributed by atoms with Gasteiger partial charge in [0, 0.05) is 64.0 Å². The van der Waals surface area contributed by atoms with Crippen molar-refractivity contribution < 1.29 is 0 Å². The number of hydrogen-bond donors (Lipinski definition) is 1. The third kappa shape index (κ3) is 2.91. The molecule has 0 spiro atoms. The lowest BCUT2D eigenvalue weighted by molar-refractivity contribution is 1.19. The van der Waals surface area contributed by atoms with E-state index in [1.54, 1.807) is 0 Å². The summed E-state index contributed by atoms with van der Waals surface area (Å²) in [4.78, 5) is 3.74. The molecule has 9 aromatic rings. The Kier molecular flexibility index (Phi) is 4.24. The minimum atomic E-state index is 1.17. The molecule has 6 aromatic carbocycles. The number of benzene rings is 6. The first kappa shape index (κ1) is 21.1. The van der Waals surface area contributed by atoms with Crippen molar-refractivity contribution >= 4 is 75.1 Å². The Bertz CT molecular complexity index is 2400. The van der Waals surface area contributed by atoms with Gasteiger partial charge >= 0.3 is 0 Å². The topological polar surface area (TPSA) is 20.7 Å². The maximum atomic E-state index is 3.74. The minimum absolute atomic E-state index is 1.17. The van der Waals surface area contributed by atoms with Gasteiger partial charge in [-0.25, -0.2) is 0 Å². The van der Waals surface area contributed by atoms with Gasteiger partial charge in [0.1, 0.15) is 0 Å². The van der Waals surface area contributed by atoms with Crippen molar-refractivity contribution in [1.29, 1.82) is 0 Å². The zero-order valence-corrected chi connectivity index (χ0v) is 21.8. The van der Waals surface area contributed by atoms with Crippen LogP contribution in [0.2, 0.25) is 0 Å². The van der Waals surface area contributed by atoms with Crippen molar-refractivity contribution in [2.24, 2.45) is 0 Å². The zero-order valence-electron chi connectivity index (χ0n) is 21.0. The predicted molar refractivity (Wildman–Crippen MR) is 168 cm³/mol. The summed E-state index contributed by atoms with van der Waals surface area (Å²) >= 11 is 1.86. The smallest absolute Gasteiger partial charge is 0.0620 e. The quantitative estimate of drug-likeness (QED) is 0.237. The monoisotopic (exact) mass is 514 g/mol. The van der Waals surface area contributed by atoms with E-state index < -0.39 is 0 Å². The number of aromatic nitrogens is 2. The van der Waals surface area contributed by atoms with E-state index in [9.17, 15) is 0 Å². The first-order valence-corrected chi connectivity index (χ1v) is 14.1. The van der Waals surface area contributed by atoms with Gasteiger partial charge in [0.15, 0.2) is 0 Å². The number of nitrogens with one attached hydrogen (secondary N) is 1. The summed E-state index contributed by atoms with van der Waals surface area (Å²) < 4.78 is 5.12. The van der Waals surface area contributed by atoms with Gasteiger partial charge in [0.25, 0.3) is 0 Å². The molecule has 9 rings (SSSR count). The predicted octanol–water partition coefficient (Wildman–Crippen LogP) is 10.5. The van der Waals surface area contributed by atoms with Crippen molar-refractivity contribution in [3.05, 3.63) is 127 Å². The molecule has 0 unspecified atom stereocenters. The Balaban J connectivity index is 1.42. The molecule has 0 fully saturated rings. The maximum absolute atomic E-state index is 3.74. The Hall–Kier alpha value is -4.86. The van der Waals surface area contributed by atoms with E-state index in [-0.39, 0.29) is 0 Å². The molecule has 1 N–H and O–H groups in total. The van der Waals surface area contributed by atoms with Crippen LogP contribution in [0.4, 0.5) is 0 Å². The molecule has 0 saturated carbocycles. The number of fused-ring (bicyclic) bond motifs is 9. The van der Waals surface area contributed by atoms with Gasteiger partial charge in [0.05, 0.1) is 16.6 Å². The van der Waals surface area contributed by atoms with Crippen LogP contribution in [0, 0.1) is 0 Å². The molecule has 39 heavy (non-hydrogen) atoms. The van der Waals surface area contributed by atoms with Crippen molar-refractivity contribution in [3.63, 3.8) is 0 Å². The molecule has 0 atom stereocenters. The number of thiophene rings is 1. The van der Waals surface area contributed by atoms with Gasteiger partial charge < -0.3 is 9.55 Å². The fourth-order valence-corrected chi connectivity index (χ4v) is 7.54. The van der Waals surface area contributed by atoms with E-state index in [0.717, 1.165) is 0 Å². The molecule has 0 aliphatic heterocycles. The fraction of sp³-hybridized carbons (Fsp3) is 0. The molecular weight excluding hydrogens is 492 g/mol. The number of H-pyrrole nitrogens is 1. The highest BCUT2D eigenvalue weighted by Crippen LogP contribution is 2.42. The second kappa shape index (κ2) is 7.83. The summed E-state index contributed by atoms with van der Waals surface area (Å²) in [6, 6.07) is 46.5. The van der Waals surface area contributed by atoms with Gasteiger partial charge in [-0.2, -0.15) is 0 Å². The lowest BCUT2D eigenvalue weighted by Crippen LogP contribution is -1.95. The number of para-hydroxylation sites is 4. The molecule has 0 saturated heterocycles. The van der Waals surface area contributed by atoms with E-state index in [2.05, 4.69) is 137 Å². The molecule has 3 heterocycles. The number of aromatic amines is 1. The molecular formula is C36H22N2S. The molecule has 0 bridgehead atoms. The average Bonchev–Trinajstić information content (AvgIpc) is 3.66. The normalized spacial score (nSPS) is 12.1. The van der Waals surface area contributed by atoms with Crippen LogP contribution in [0.5, 0.6) is 0 Å². The number of nitrogens with zero attached hydrogens (tertiary/aromatic N) is 1. The summed E-state index contributed by atoms with van der Waals surface area (Å²) in [6.45, 7) is 0. The molecule has 0 aliphatic rings. The lowest BCUT2D eigenvalue weighted by atomic mass is 9.99. The van der Waals surface area contributed by atoms with Crippen LogP contribution in [-0.2, 0) is 0 Å². The second-order valence-electron chi connectivity index (χ2n) is 10.2. The SMILES string of the molecule is c1ccc2c(c1)[nH]c1c(-c3cccc4c5ccccc5n(-c5ccc6sc7ccccc7c6c5)c34)cccc12. The van der Waals surface area contributed by atoms with Gasteiger partial charge in [-0.1, -0.05) is 91.0 Å². The van der Waals surface area contributed by atoms with E-state index in [1.807, 2.05) is 11.3 Å². The molecule has 182 valence electrons. The number of hydrogen-bond acceptors (Lipinski definition) is 1. The summed E-state index contributed by atoms with van der Waals surface area (Å²) in [5, 5.41) is 7.70. The molecule has 0 aliphatic carbocycles. The van der Waals surface area contributed by atoms with Gasteiger partial charge in [0.2, 0.25) is 0 Å². The van der Waals surface area contributed by atoms with Gasteiger partial charge in [-0.3, -0.25) is 0 Å². The number of rotatable bonds is 2. The van der Waals surface area contributed by atoms with Crippen LogP contribution in [0.25, 0.3) is 80.6 Å². The van der Waals surface area contributed by atoms with Crippen LogP contribution < -0.4 is 0 Å². The summed E-state index contributed by atoms with van der Waals surface area (Å²) in [5.74, 6) is 0.